The second-order valence-electron chi connectivity index (χ2n) is 4.55. The van der Waals surface area contributed by atoms with Crippen molar-refractivity contribution in [2.75, 3.05) is 20.0 Å². The fourth-order valence-electron chi connectivity index (χ4n) is 2.55. The summed E-state index contributed by atoms with van der Waals surface area (Å²) in [7, 11) is 0. The number of benzene rings is 1. The molecule has 20 heavy (non-hydrogen) atoms. The Morgan fingerprint density at radius 3 is 3.15 bits per heavy atom. The molecule has 2 aliphatic heterocycles. The second-order valence-corrected chi connectivity index (χ2v) is 5.40. The van der Waals surface area contributed by atoms with Crippen LogP contribution in [-0.2, 0) is 15.9 Å². The number of carbonyl (C=O) groups is 1. The zero-order valence-corrected chi connectivity index (χ0v) is 12.3. The van der Waals surface area contributed by atoms with E-state index < -0.39 is 6.09 Å². The zero-order valence-electron chi connectivity index (χ0n) is 10.7. The van der Waals surface area contributed by atoms with Gasteiger partial charge in [0.15, 0.2) is 11.5 Å². The average molecular weight is 344 g/mol. The Kier molecular flexibility index (Phi) is 3.71. The second kappa shape index (κ2) is 5.49. The summed E-state index contributed by atoms with van der Waals surface area (Å²) in [6.07, 6.45) is 0.369. The number of hydrogen-bond acceptors (Lipinski definition) is 5. The van der Waals surface area contributed by atoms with Crippen LogP contribution in [0.4, 0.5) is 4.79 Å². The van der Waals surface area contributed by atoms with Gasteiger partial charge in [0.25, 0.3) is 0 Å². The predicted octanol–water partition coefficient (Wildman–Crippen LogP) is 2.28. The lowest BCUT2D eigenvalue weighted by Gasteiger charge is -2.27. The highest BCUT2D eigenvalue weighted by atomic mass is 79.9. The largest absolute Gasteiger partial charge is 0.454 e. The first-order valence-electron chi connectivity index (χ1n) is 6.31. The topological polar surface area (TPSA) is 80.0 Å². The molecule has 6 nitrogen and oxygen atoms in total. The van der Waals surface area contributed by atoms with E-state index in [0.717, 1.165) is 27.8 Å². The number of primary amides is 1. The zero-order chi connectivity index (χ0) is 14.1. The molecular weight excluding hydrogens is 330 g/mol. The molecular formula is C13H14BrNO5. The van der Waals surface area contributed by atoms with Gasteiger partial charge < -0.3 is 24.7 Å². The first-order valence-corrected chi connectivity index (χ1v) is 7.11. The molecule has 2 heterocycles. The van der Waals surface area contributed by atoms with Gasteiger partial charge in [0.05, 0.1) is 19.3 Å². The van der Waals surface area contributed by atoms with Crippen LogP contribution in [-0.4, -0.2) is 26.1 Å². The van der Waals surface area contributed by atoms with Crippen LogP contribution in [0, 0.1) is 0 Å². The molecule has 108 valence electrons. The minimum absolute atomic E-state index is 0.189. The molecule has 7 heteroatoms. The van der Waals surface area contributed by atoms with Crippen molar-refractivity contribution in [3.63, 3.8) is 0 Å². The van der Waals surface area contributed by atoms with Crippen molar-refractivity contribution >= 4 is 22.0 Å². The normalized spacial score (nSPS) is 19.6. The Labute approximate surface area is 124 Å². The molecule has 2 aliphatic rings. The number of ether oxygens (including phenoxy) is 4. The lowest BCUT2D eigenvalue weighted by Crippen LogP contribution is -2.21. The highest BCUT2D eigenvalue weighted by Gasteiger charge is 2.31. The van der Waals surface area contributed by atoms with Crippen molar-refractivity contribution in [2.45, 2.75) is 18.9 Å². The Balaban J connectivity index is 1.89. The van der Waals surface area contributed by atoms with Gasteiger partial charge in [0.1, 0.15) is 0 Å². The number of nitrogens with two attached hydrogens (primary N) is 1. The van der Waals surface area contributed by atoms with E-state index in [1.807, 2.05) is 6.07 Å². The minimum Gasteiger partial charge on any atom is -0.454 e. The molecule has 0 saturated carbocycles. The van der Waals surface area contributed by atoms with Crippen LogP contribution in [0.25, 0.3) is 0 Å². The smallest absolute Gasteiger partial charge is 0.404 e. The molecule has 0 saturated heterocycles. The summed E-state index contributed by atoms with van der Waals surface area (Å²) in [6.45, 7) is 1.04. The third kappa shape index (κ3) is 2.43. The highest BCUT2D eigenvalue weighted by Crippen LogP contribution is 2.47. The summed E-state index contributed by atoms with van der Waals surface area (Å²) in [4.78, 5) is 10.6. The van der Waals surface area contributed by atoms with Gasteiger partial charge in [-0.05, 0) is 18.1 Å². The van der Waals surface area contributed by atoms with Crippen LogP contribution >= 0.6 is 15.9 Å². The van der Waals surface area contributed by atoms with Crippen LogP contribution in [0.15, 0.2) is 10.5 Å². The lowest BCUT2D eigenvalue weighted by atomic mass is 9.94. The molecule has 0 bridgehead atoms. The van der Waals surface area contributed by atoms with Crippen LogP contribution < -0.4 is 15.2 Å². The van der Waals surface area contributed by atoms with Gasteiger partial charge in [-0.3, -0.25) is 0 Å². The summed E-state index contributed by atoms with van der Waals surface area (Å²) in [6, 6.07) is 1.92. The maximum Gasteiger partial charge on any atom is 0.404 e. The Morgan fingerprint density at radius 1 is 1.50 bits per heavy atom. The third-order valence-electron chi connectivity index (χ3n) is 3.37. The molecule has 0 aliphatic carbocycles. The number of rotatable bonds is 3. The van der Waals surface area contributed by atoms with Crippen molar-refractivity contribution in [3.8, 4) is 11.5 Å². The molecule has 3 rings (SSSR count). The summed E-state index contributed by atoms with van der Waals surface area (Å²) >= 11 is 3.56. The number of carbonyl (C=O) groups excluding carboxylic acids is 1. The monoisotopic (exact) mass is 343 g/mol. The fraction of sp³-hybridized carbons (Fsp3) is 0.462. The number of hydrogen-bond donors (Lipinski definition) is 1. The summed E-state index contributed by atoms with van der Waals surface area (Å²) in [5, 5.41) is 0. The van der Waals surface area contributed by atoms with Crippen molar-refractivity contribution in [1.29, 1.82) is 0 Å². The summed E-state index contributed by atoms with van der Waals surface area (Å²) in [5.41, 5.74) is 7.10. The van der Waals surface area contributed by atoms with Crippen molar-refractivity contribution in [2.24, 2.45) is 5.73 Å². The molecule has 0 radical (unpaired) electrons. The Morgan fingerprint density at radius 2 is 2.35 bits per heavy atom. The van der Waals surface area contributed by atoms with E-state index in [4.69, 9.17) is 24.7 Å². The SMILES string of the molecule is NC(=O)OCCC1OCCc2c(Br)cc3c(c21)OCO3. The molecule has 0 spiro atoms. The highest BCUT2D eigenvalue weighted by molar-refractivity contribution is 9.10. The van der Waals surface area contributed by atoms with E-state index in [1.165, 1.54) is 0 Å². The predicted molar refractivity (Wildman–Crippen MR) is 72.8 cm³/mol. The van der Waals surface area contributed by atoms with E-state index >= 15 is 0 Å². The molecule has 1 atom stereocenters. The first kappa shape index (κ1) is 13.5. The van der Waals surface area contributed by atoms with E-state index in [-0.39, 0.29) is 19.5 Å². The van der Waals surface area contributed by atoms with Gasteiger partial charge >= 0.3 is 6.09 Å². The average Bonchev–Trinajstić information content (AvgIpc) is 2.86. The summed E-state index contributed by atoms with van der Waals surface area (Å²) in [5.74, 6) is 1.44. The van der Waals surface area contributed by atoms with E-state index in [2.05, 4.69) is 15.9 Å². The van der Waals surface area contributed by atoms with Crippen LogP contribution in [0.5, 0.6) is 11.5 Å². The molecule has 0 aromatic heterocycles. The van der Waals surface area contributed by atoms with Gasteiger partial charge in [-0.15, -0.1) is 0 Å². The third-order valence-corrected chi connectivity index (χ3v) is 4.08. The lowest BCUT2D eigenvalue weighted by molar-refractivity contribution is 0.0208. The van der Waals surface area contributed by atoms with E-state index in [1.54, 1.807) is 0 Å². The minimum atomic E-state index is -0.778. The quantitative estimate of drug-likeness (QED) is 0.910. The van der Waals surface area contributed by atoms with E-state index in [9.17, 15) is 4.79 Å². The standard InChI is InChI=1S/C13H14BrNO5/c14-8-5-10-12(20-6-19-10)11-7(8)1-3-17-9(11)2-4-18-13(15)16/h5,9H,1-4,6H2,(H2,15,16). The van der Waals surface area contributed by atoms with Gasteiger partial charge in [-0.25, -0.2) is 4.79 Å². The van der Waals surface area contributed by atoms with Crippen molar-refractivity contribution in [3.05, 3.63) is 21.7 Å². The van der Waals surface area contributed by atoms with Gasteiger partial charge in [-0.2, -0.15) is 0 Å². The van der Waals surface area contributed by atoms with Crippen LogP contribution in [0.1, 0.15) is 23.7 Å². The first-order chi connectivity index (χ1) is 9.66. The van der Waals surface area contributed by atoms with Crippen molar-refractivity contribution < 1.29 is 23.7 Å². The van der Waals surface area contributed by atoms with E-state index in [0.29, 0.717) is 18.8 Å². The maximum atomic E-state index is 10.6. The number of amides is 1. The molecule has 1 aromatic rings. The fourth-order valence-corrected chi connectivity index (χ4v) is 3.17. The molecule has 1 unspecified atom stereocenters. The maximum absolute atomic E-state index is 10.6. The molecule has 1 amide bonds. The molecule has 2 N–H and O–H groups in total. The molecule has 1 aromatic carbocycles. The molecule has 0 fully saturated rings. The van der Waals surface area contributed by atoms with Crippen molar-refractivity contribution in [1.82, 2.24) is 0 Å². The van der Waals surface area contributed by atoms with Crippen LogP contribution in [0.2, 0.25) is 0 Å². The number of halogens is 1. The van der Waals surface area contributed by atoms with Gasteiger partial charge in [0, 0.05) is 16.5 Å². The Bertz CT molecular complexity index is 544. The number of fused-ring (bicyclic) bond motifs is 3. The van der Waals surface area contributed by atoms with Gasteiger partial charge in [0.2, 0.25) is 6.79 Å². The van der Waals surface area contributed by atoms with Crippen LogP contribution in [0.3, 0.4) is 0 Å². The van der Waals surface area contributed by atoms with Gasteiger partial charge in [-0.1, -0.05) is 15.9 Å². The summed E-state index contributed by atoms with van der Waals surface area (Å²) < 4.78 is 22.5. The Hall–Kier alpha value is -1.47.